The first-order valence-electron chi connectivity index (χ1n) is 6.53. The molecule has 4 nitrogen and oxygen atoms in total. The Bertz CT molecular complexity index is 326. The third-order valence-electron chi connectivity index (χ3n) is 3.15. The number of ether oxygens (including phenoxy) is 1. The molecule has 0 aromatic rings. The monoisotopic (exact) mass is 251 g/mol. The van der Waals surface area contributed by atoms with Gasteiger partial charge in [-0.1, -0.05) is 25.2 Å². The van der Waals surface area contributed by atoms with Gasteiger partial charge in [-0.2, -0.15) is 0 Å². The second kappa shape index (κ2) is 7.75. The summed E-state index contributed by atoms with van der Waals surface area (Å²) in [6.07, 6.45) is 10.5. The van der Waals surface area contributed by atoms with Gasteiger partial charge < -0.3 is 10.1 Å². The first kappa shape index (κ1) is 14.6. The van der Waals surface area contributed by atoms with Crippen molar-refractivity contribution in [3.8, 4) is 12.3 Å². The Balaban J connectivity index is 2.26. The molecule has 0 unspecified atom stereocenters. The lowest BCUT2D eigenvalue weighted by Crippen LogP contribution is -2.39. The van der Waals surface area contributed by atoms with Crippen LogP contribution in [0.3, 0.4) is 0 Å². The van der Waals surface area contributed by atoms with Crippen LogP contribution in [-0.4, -0.2) is 24.5 Å². The molecule has 0 aliphatic heterocycles. The molecule has 4 heteroatoms. The van der Waals surface area contributed by atoms with E-state index in [-0.39, 0.29) is 36.9 Å². The normalized spacial score (nSPS) is 17.6. The number of hydrogen-bond acceptors (Lipinski definition) is 3. The molecule has 1 aliphatic rings. The van der Waals surface area contributed by atoms with Gasteiger partial charge in [0.25, 0.3) is 0 Å². The van der Waals surface area contributed by atoms with Gasteiger partial charge in [-0.05, 0) is 19.8 Å². The average molecular weight is 251 g/mol. The van der Waals surface area contributed by atoms with Gasteiger partial charge in [0.05, 0.1) is 6.42 Å². The van der Waals surface area contributed by atoms with Crippen molar-refractivity contribution in [1.82, 2.24) is 5.32 Å². The maximum Gasteiger partial charge on any atom is 0.308 e. The highest BCUT2D eigenvalue weighted by Gasteiger charge is 2.22. The van der Waals surface area contributed by atoms with Crippen molar-refractivity contribution < 1.29 is 14.3 Å². The van der Waals surface area contributed by atoms with Crippen LogP contribution in [0.5, 0.6) is 0 Å². The van der Waals surface area contributed by atoms with Crippen LogP contribution in [0.2, 0.25) is 0 Å². The lowest BCUT2D eigenvalue weighted by molar-refractivity contribution is -0.142. The molecule has 0 saturated heterocycles. The zero-order chi connectivity index (χ0) is 13.4. The first-order chi connectivity index (χ1) is 8.63. The van der Waals surface area contributed by atoms with Crippen molar-refractivity contribution in [2.75, 3.05) is 6.61 Å². The van der Waals surface area contributed by atoms with E-state index in [1.807, 2.05) is 0 Å². The zero-order valence-electron chi connectivity index (χ0n) is 10.9. The largest absolute Gasteiger partial charge is 0.452 e. The Morgan fingerprint density at radius 1 is 1.39 bits per heavy atom. The molecule has 0 aromatic heterocycles. The van der Waals surface area contributed by atoms with Crippen LogP contribution in [-0.2, 0) is 14.3 Å². The molecule has 1 N–H and O–H groups in total. The number of carbonyl (C=O) groups is 2. The van der Waals surface area contributed by atoms with Gasteiger partial charge >= 0.3 is 5.97 Å². The fourth-order valence-electron chi connectivity index (χ4n) is 2.21. The minimum Gasteiger partial charge on any atom is -0.452 e. The lowest BCUT2D eigenvalue weighted by Gasteiger charge is -2.22. The van der Waals surface area contributed by atoms with Gasteiger partial charge in [0.2, 0.25) is 5.91 Å². The summed E-state index contributed by atoms with van der Waals surface area (Å²) in [5.41, 5.74) is 0. The van der Waals surface area contributed by atoms with Gasteiger partial charge in [-0.15, -0.1) is 6.42 Å². The number of hydrogen-bond donors (Lipinski definition) is 1. The molecule has 0 radical (unpaired) electrons. The second-order valence-corrected chi connectivity index (χ2v) is 4.81. The van der Waals surface area contributed by atoms with E-state index in [4.69, 9.17) is 11.2 Å². The van der Waals surface area contributed by atoms with Gasteiger partial charge in [0.1, 0.15) is 0 Å². The molecule has 0 heterocycles. The number of carbonyl (C=O) groups excluding carboxylic acids is 2. The quantitative estimate of drug-likeness (QED) is 0.597. The Labute approximate surface area is 108 Å². The molecule has 0 aromatic carbocycles. The highest BCUT2D eigenvalue weighted by atomic mass is 16.5. The van der Waals surface area contributed by atoms with Gasteiger partial charge in [-0.25, -0.2) is 0 Å². The molecular weight excluding hydrogens is 230 g/mol. The van der Waals surface area contributed by atoms with Crippen LogP contribution in [0.4, 0.5) is 0 Å². The van der Waals surface area contributed by atoms with Gasteiger partial charge in [0.15, 0.2) is 6.61 Å². The van der Waals surface area contributed by atoms with Crippen molar-refractivity contribution in [3.63, 3.8) is 0 Å². The summed E-state index contributed by atoms with van der Waals surface area (Å²) in [6, 6.07) is -0.204. The molecule has 1 saturated carbocycles. The maximum absolute atomic E-state index is 11.9. The number of amides is 1. The molecule has 1 rings (SSSR count). The number of terminal acetylenes is 1. The Morgan fingerprint density at radius 3 is 2.67 bits per heavy atom. The van der Waals surface area contributed by atoms with E-state index in [0.717, 1.165) is 25.7 Å². The van der Waals surface area contributed by atoms with E-state index in [1.165, 1.54) is 6.42 Å². The summed E-state index contributed by atoms with van der Waals surface area (Å²) in [7, 11) is 0. The van der Waals surface area contributed by atoms with E-state index < -0.39 is 0 Å². The standard InChI is InChI=1S/C14H21NO3/c1-3-9-18-13(16)10-11(2)15-14(17)12-7-5-4-6-8-12/h1,11-12H,4-10H2,2H3,(H,15,17)/t11-/m1/s1. The summed E-state index contributed by atoms with van der Waals surface area (Å²) in [4.78, 5) is 23.2. The molecule has 0 bridgehead atoms. The highest BCUT2D eigenvalue weighted by Crippen LogP contribution is 2.23. The molecule has 18 heavy (non-hydrogen) atoms. The summed E-state index contributed by atoms with van der Waals surface area (Å²) < 4.78 is 4.76. The molecule has 1 fully saturated rings. The van der Waals surface area contributed by atoms with E-state index in [2.05, 4.69) is 11.2 Å². The fraction of sp³-hybridized carbons (Fsp3) is 0.714. The average Bonchev–Trinajstić information content (AvgIpc) is 2.37. The predicted molar refractivity (Wildman–Crippen MR) is 68.6 cm³/mol. The molecule has 1 atom stereocenters. The van der Waals surface area contributed by atoms with Crippen LogP contribution in [0.25, 0.3) is 0 Å². The predicted octanol–water partition coefficient (Wildman–Crippen LogP) is 1.64. The lowest BCUT2D eigenvalue weighted by atomic mass is 9.88. The van der Waals surface area contributed by atoms with Crippen LogP contribution in [0.1, 0.15) is 45.4 Å². The number of esters is 1. The molecular formula is C14H21NO3. The van der Waals surface area contributed by atoms with Crippen molar-refractivity contribution >= 4 is 11.9 Å². The van der Waals surface area contributed by atoms with Crippen LogP contribution < -0.4 is 5.32 Å². The molecule has 100 valence electrons. The van der Waals surface area contributed by atoms with E-state index in [0.29, 0.717) is 0 Å². The third-order valence-corrected chi connectivity index (χ3v) is 3.15. The fourth-order valence-corrected chi connectivity index (χ4v) is 2.21. The molecule has 1 amide bonds. The maximum atomic E-state index is 11.9. The second-order valence-electron chi connectivity index (χ2n) is 4.81. The number of rotatable bonds is 5. The minimum absolute atomic E-state index is 0.0118. The van der Waals surface area contributed by atoms with E-state index in [1.54, 1.807) is 6.92 Å². The Morgan fingerprint density at radius 2 is 2.06 bits per heavy atom. The summed E-state index contributed by atoms with van der Waals surface area (Å²) in [5, 5.41) is 2.87. The van der Waals surface area contributed by atoms with Crippen molar-refractivity contribution in [2.24, 2.45) is 5.92 Å². The van der Waals surface area contributed by atoms with Crippen LogP contribution in [0, 0.1) is 18.3 Å². The molecule has 1 aliphatic carbocycles. The third kappa shape index (κ3) is 5.22. The first-order valence-corrected chi connectivity index (χ1v) is 6.53. The summed E-state index contributed by atoms with van der Waals surface area (Å²) in [5.74, 6) is 2.04. The van der Waals surface area contributed by atoms with Crippen LogP contribution in [0.15, 0.2) is 0 Å². The summed E-state index contributed by atoms with van der Waals surface area (Å²) >= 11 is 0. The van der Waals surface area contributed by atoms with Gasteiger partial charge in [-0.3, -0.25) is 9.59 Å². The highest BCUT2D eigenvalue weighted by molar-refractivity contribution is 5.80. The van der Waals surface area contributed by atoms with Crippen molar-refractivity contribution in [2.45, 2.75) is 51.5 Å². The SMILES string of the molecule is C#CCOC(=O)C[C@@H](C)NC(=O)C1CCCCC1. The van der Waals surface area contributed by atoms with Crippen molar-refractivity contribution in [1.29, 1.82) is 0 Å². The minimum atomic E-state index is -0.371. The Hall–Kier alpha value is -1.50. The Kier molecular flexibility index (Phi) is 6.27. The number of nitrogens with one attached hydrogen (secondary N) is 1. The van der Waals surface area contributed by atoms with Crippen molar-refractivity contribution in [3.05, 3.63) is 0 Å². The van der Waals surface area contributed by atoms with Gasteiger partial charge in [0, 0.05) is 12.0 Å². The topological polar surface area (TPSA) is 55.4 Å². The van der Waals surface area contributed by atoms with E-state index >= 15 is 0 Å². The zero-order valence-corrected chi connectivity index (χ0v) is 10.9. The van der Waals surface area contributed by atoms with Crippen LogP contribution >= 0.6 is 0 Å². The summed E-state index contributed by atoms with van der Waals surface area (Å²) in [6.45, 7) is 1.79. The van der Waals surface area contributed by atoms with E-state index in [9.17, 15) is 9.59 Å². The molecule has 0 spiro atoms. The smallest absolute Gasteiger partial charge is 0.308 e.